The van der Waals surface area contributed by atoms with Crippen molar-refractivity contribution in [2.24, 2.45) is 14.1 Å². The number of nitrogens with two attached hydrogens (primary N) is 2. The zero-order valence-electron chi connectivity index (χ0n) is 17.0. The Morgan fingerprint density at radius 3 is 1.26 bits per heavy atom. The summed E-state index contributed by atoms with van der Waals surface area (Å²) < 4.78 is 71.9. The van der Waals surface area contributed by atoms with Gasteiger partial charge in [0.15, 0.2) is 0 Å². The molecular formula is C14H23Cl2N7O8. The van der Waals surface area contributed by atoms with Gasteiger partial charge in [0.05, 0.1) is 25.2 Å². The zero-order valence-corrected chi connectivity index (χ0v) is 18.5. The van der Waals surface area contributed by atoms with Gasteiger partial charge in [-0.1, -0.05) is 0 Å². The SMILES string of the molecule is Cc1nc(N)c(CNCc2c[n+](C)c(C)nc2N)c[n+]1C.[O-][Cl+3]([O-])([O-])[O-].[O-][Cl+3]([O-])([O-])[O-]. The fourth-order valence-corrected chi connectivity index (χ4v) is 2.04. The minimum atomic E-state index is -4.94. The maximum absolute atomic E-state index is 8.49. The summed E-state index contributed by atoms with van der Waals surface area (Å²) in [4.78, 5) is 8.60. The second-order valence-electron chi connectivity index (χ2n) is 5.98. The molecule has 0 radical (unpaired) electrons. The topological polar surface area (TPSA) is 282 Å². The average Bonchev–Trinajstić information content (AvgIpc) is 2.54. The Balaban J connectivity index is 0.000000752. The summed E-state index contributed by atoms with van der Waals surface area (Å²) in [6.07, 6.45) is 3.98. The van der Waals surface area contributed by atoms with Crippen molar-refractivity contribution in [3.8, 4) is 0 Å². The predicted molar refractivity (Wildman–Crippen MR) is 79.7 cm³/mol. The molecule has 0 saturated heterocycles. The summed E-state index contributed by atoms with van der Waals surface area (Å²) in [5.74, 6) is 2.88. The predicted octanol–water partition coefficient (Wildman–Crippen LogP) is -10.3. The van der Waals surface area contributed by atoms with Gasteiger partial charge in [-0.3, -0.25) is 0 Å². The van der Waals surface area contributed by atoms with E-state index in [1.807, 2.05) is 49.5 Å². The van der Waals surface area contributed by atoms with Crippen LogP contribution in [0.3, 0.4) is 0 Å². The molecule has 0 bridgehead atoms. The molecule has 5 N–H and O–H groups in total. The highest BCUT2D eigenvalue weighted by molar-refractivity contribution is 5.37. The van der Waals surface area contributed by atoms with Crippen molar-refractivity contribution in [1.29, 1.82) is 0 Å². The van der Waals surface area contributed by atoms with E-state index in [0.717, 1.165) is 22.8 Å². The Hall–Kier alpha value is -2.02. The van der Waals surface area contributed by atoms with Crippen LogP contribution < -0.4 is 63.2 Å². The zero-order chi connectivity index (χ0) is 24.6. The van der Waals surface area contributed by atoms with E-state index in [4.69, 9.17) is 48.7 Å². The number of anilines is 2. The quantitative estimate of drug-likeness (QED) is 0.337. The molecule has 0 aliphatic heterocycles. The molecule has 2 aromatic rings. The van der Waals surface area contributed by atoms with Gasteiger partial charge >= 0.3 is 0 Å². The maximum atomic E-state index is 8.49. The number of rotatable bonds is 4. The van der Waals surface area contributed by atoms with Crippen molar-refractivity contribution in [3.05, 3.63) is 35.2 Å². The highest BCUT2D eigenvalue weighted by atomic mass is 35.7. The molecule has 0 aromatic carbocycles. The lowest BCUT2D eigenvalue weighted by Gasteiger charge is -2.17. The molecular weight excluding hydrogens is 465 g/mol. The number of halogens is 2. The summed E-state index contributed by atoms with van der Waals surface area (Å²) in [7, 11) is -5.99. The normalized spacial score (nSPS) is 11.2. The maximum Gasteiger partial charge on any atom is 0.297 e. The van der Waals surface area contributed by atoms with Gasteiger partial charge in [0, 0.05) is 26.9 Å². The van der Waals surface area contributed by atoms with Gasteiger partial charge in [0.2, 0.25) is 11.6 Å². The molecule has 0 fully saturated rings. The highest BCUT2D eigenvalue weighted by Gasteiger charge is 2.14. The smallest absolute Gasteiger partial charge is 0.297 e. The van der Waals surface area contributed by atoms with Crippen LogP contribution in [0.5, 0.6) is 0 Å². The first-order valence-corrected chi connectivity index (χ1v) is 10.5. The third-order valence-corrected chi connectivity index (χ3v) is 3.57. The number of nitrogen functional groups attached to an aromatic ring is 2. The van der Waals surface area contributed by atoms with Crippen LogP contribution in [0.2, 0.25) is 0 Å². The van der Waals surface area contributed by atoms with Crippen LogP contribution in [0.15, 0.2) is 12.4 Å². The van der Waals surface area contributed by atoms with Gasteiger partial charge in [0.1, 0.15) is 12.4 Å². The van der Waals surface area contributed by atoms with Crippen LogP contribution >= 0.6 is 0 Å². The van der Waals surface area contributed by atoms with E-state index in [-0.39, 0.29) is 0 Å². The molecule has 0 saturated carbocycles. The second kappa shape index (κ2) is 12.1. The molecule has 0 aliphatic carbocycles. The minimum absolute atomic E-state index is 0.554. The van der Waals surface area contributed by atoms with E-state index < -0.39 is 20.5 Å². The van der Waals surface area contributed by atoms with Crippen LogP contribution in [0, 0.1) is 34.3 Å². The van der Waals surface area contributed by atoms with E-state index in [1.54, 1.807) is 0 Å². The number of hydrogen-bond donors (Lipinski definition) is 3. The highest BCUT2D eigenvalue weighted by Crippen LogP contribution is 2.08. The molecule has 31 heavy (non-hydrogen) atoms. The Labute approximate surface area is 181 Å². The van der Waals surface area contributed by atoms with Gasteiger partial charge < -0.3 is 16.8 Å². The van der Waals surface area contributed by atoms with Crippen LogP contribution in [0.25, 0.3) is 0 Å². The lowest BCUT2D eigenvalue weighted by atomic mass is 10.2. The van der Waals surface area contributed by atoms with Gasteiger partial charge in [-0.25, -0.2) is 46.4 Å². The van der Waals surface area contributed by atoms with Crippen LogP contribution in [0.4, 0.5) is 11.6 Å². The Morgan fingerprint density at radius 2 is 1.00 bits per heavy atom. The summed E-state index contributed by atoms with van der Waals surface area (Å²) in [5.41, 5.74) is 13.8. The number of nitrogens with zero attached hydrogens (tertiary/aromatic N) is 4. The number of aryl methyl sites for hydroxylation is 4. The van der Waals surface area contributed by atoms with Crippen molar-refractivity contribution in [2.75, 3.05) is 11.5 Å². The number of nitrogens with one attached hydrogen (secondary N) is 1. The Morgan fingerprint density at radius 1 is 0.742 bits per heavy atom. The molecule has 2 aromatic heterocycles. The van der Waals surface area contributed by atoms with E-state index in [1.165, 1.54) is 0 Å². The van der Waals surface area contributed by atoms with E-state index in [9.17, 15) is 0 Å². The molecule has 0 spiro atoms. The molecule has 0 atom stereocenters. The summed E-state index contributed by atoms with van der Waals surface area (Å²) in [6, 6.07) is 0. The first-order valence-electron chi connectivity index (χ1n) is 8.06. The van der Waals surface area contributed by atoms with Crippen LogP contribution in [-0.4, -0.2) is 9.97 Å². The molecule has 17 heteroatoms. The molecule has 15 nitrogen and oxygen atoms in total. The van der Waals surface area contributed by atoms with Gasteiger partial charge in [-0.15, -0.1) is 20.5 Å². The van der Waals surface area contributed by atoms with Crippen molar-refractivity contribution in [1.82, 2.24) is 15.3 Å². The van der Waals surface area contributed by atoms with E-state index in [2.05, 4.69) is 15.3 Å². The second-order valence-corrected chi connectivity index (χ2v) is 7.49. The Bertz CT molecular complexity index is 781. The largest absolute Gasteiger partial charge is 0.363 e. The minimum Gasteiger partial charge on any atom is -0.363 e. The molecule has 176 valence electrons. The molecule has 0 aliphatic rings. The van der Waals surface area contributed by atoms with Gasteiger partial charge in [-0.05, 0) is 9.97 Å². The average molecular weight is 488 g/mol. The van der Waals surface area contributed by atoms with Crippen molar-refractivity contribution in [2.45, 2.75) is 26.9 Å². The van der Waals surface area contributed by atoms with Gasteiger partial charge in [-0.2, -0.15) is 0 Å². The fraction of sp³-hybridized carbons (Fsp3) is 0.429. The van der Waals surface area contributed by atoms with E-state index in [0.29, 0.717) is 24.7 Å². The fourth-order valence-electron chi connectivity index (χ4n) is 2.04. The third kappa shape index (κ3) is 14.6. The number of hydrogen-bond acceptors (Lipinski definition) is 13. The molecule has 0 amide bonds. The lowest BCUT2D eigenvalue weighted by molar-refractivity contribution is -2.00. The number of aromatic nitrogens is 4. The summed E-state index contributed by atoms with van der Waals surface area (Å²) >= 11 is 0. The Kier molecular flexibility index (Phi) is 11.3. The first-order chi connectivity index (χ1) is 13.9. The molecule has 0 unspecified atom stereocenters. The van der Waals surface area contributed by atoms with Crippen LogP contribution in [0.1, 0.15) is 22.8 Å². The first kappa shape index (κ1) is 29.0. The van der Waals surface area contributed by atoms with Crippen LogP contribution in [-0.2, 0) is 27.2 Å². The summed E-state index contributed by atoms with van der Waals surface area (Å²) in [5, 5.41) is 3.33. The standard InChI is InChI=1S/C14H21N7.2ClHO4/c1-9-18-13(15)11(7-20(9)3)5-17-6-12-8-21(4)10(2)19-14(12)16;2*2-1(3,4)5/h7-8,15-17H,5-6H2,1-4H3;2*(H,2,3,4,5). The van der Waals surface area contributed by atoms with Crippen molar-refractivity contribution in [3.63, 3.8) is 0 Å². The molecule has 2 heterocycles. The van der Waals surface area contributed by atoms with Crippen molar-refractivity contribution < 1.29 is 66.9 Å². The summed E-state index contributed by atoms with van der Waals surface area (Å²) in [6.45, 7) is 5.10. The van der Waals surface area contributed by atoms with E-state index >= 15 is 0 Å². The molecule has 2 rings (SSSR count). The lowest BCUT2D eigenvalue weighted by Crippen LogP contribution is -2.68. The van der Waals surface area contributed by atoms with Gasteiger partial charge in [0.25, 0.3) is 11.6 Å². The van der Waals surface area contributed by atoms with Crippen molar-refractivity contribution >= 4 is 11.6 Å². The third-order valence-electron chi connectivity index (χ3n) is 3.57. The monoisotopic (exact) mass is 487 g/mol.